The third-order valence-corrected chi connectivity index (χ3v) is 1.53. The van der Waals surface area contributed by atoms with Crippen LogP contribution in [0.5, 0.6) is 0 Å². The fourth-order valence-electron chi connectivity index (χ4n) is 0.966. The molecule has 0 saturated carbocycles. The van der Waals surface area contributed by atoms with Gasteiger partial charge in [0, 0.05) is 11.8 Å². The van der Waals surface area contributed by atoms with Gasteiger partial charge in [-0.2, -0.15) is 0 Å². The summed E-state index contributed by atoms with van der Waals surface area (Å²) in [6, 6.07) is 3.13. The van der Waals surface area contributed by atoms with Gasteiger partial charge in [-0.1, -0.05) is 20.8 Å². The van der Waals surface area contributed by atoms with Gasteiger partial charge in [-0.25, -0.2) is 9.98 Å². The maximum atomic E-state index is 11.4. The van der Waals surface area contributed by atoms with Crippen LogP contribution in [0.2, 0.25) is 0 Å². The second kappa shape index (κ2) is 4.74. The zero-order valence-corrected chi connectivity index (χ0v) is 9.43. The van der Waals surface area contributed by atoms with Crippen LogP contribution < -0.4 is 5.11 Å². The van der Waals surface area contributed by atoms with Crippen molar-refractivity contribution >= 4 is 18.2 Å². The third-order valence-electron chi connectivity index (χ3n) is 1.53. The molecular weight excluding hydrogens is 208 g/mol. The van der Waals surface area contributed by atoms with E-state index in [2.05, 4.69) is 9.98 Å². The van der Waals surface area contributed by atoms with Crippen LogP contribution in [0.3, 0.4) is 0 Å². The zero-order valence-electron chi connectivity index (χ0n) is 9.43. The molecule has 5 heteroatoms. The normalized spacial score (nSPS) is 12.3. The van der Waals surface area contributed by atoms with Crippen LogP contribution in [0, 0.1) is 0 Å². The largest absolute Gasteiger partial charge is 0.594 e. The zero-order chi connectivity index (χ0) is 12.2. The van der Waals surface area contributed by atoms with Crippen LogP contribution >= 0.6 is 0 Å². The lowest BCUT2D eigenvalue weighted by atomic mass is 10.2. The predicted molar refractivity (Wildman–Crippen MR) is 57.6 cm³/mol. The van der Waals surface area contributed by atoms with E-state index in [9.17, 15) is 9.90 Å². The van der Waals surface area contributed by atoms with E-state index >= 15 is 0 Å². The molecule has 0 aliphatic carbocycles. The molecule has 1 aromatic rings. The van der Waals surface area contributed by atoms with E-state index in [1.54, 1.807) is 26.8 Å². The smallest absolute Gasteiger partial charge is 0.164 e. The molecule has 0 atom stereocenters. The molecule has 86 valence electrons. The topological polar surface area (TPSA) is 74.6 Å². The van der Waals surface area contributed by atoms with E-state index in [-0.39, 0.29) is 11.4 Å². The number of aromatic nitrogens is 1. The molecule has 0 aliphatic rings. The molecule has 16 heavy (non-hydrogen) atoms. The molecule has 5 nitrogen and oxygen atoms in total. The minimum absolute atomic E-state index is 0.0757. The first-order valence-electron chi connectivity index (χ1n) is 4.77. The summed E-state index contributed by atoms with van der Waals surface area (Å²) in [4.78, 5) is 18.1. The van der Waals surface area contributed by atoms with Gasteiger partial charge >= 0.3 is 0 Å². The summed E-state index contributed by atoms with van der Waals surface area (Å²) in [6.07, 6.45) is 1.29. The molecule has 0 bridgehead atoms. The summed E-state index contributed by atoms with van der Waals surface area (Å²) in [5.41, 5.74) is -0.357. The number of carbonyl (C=O) groups excluding carboxylic acids is 1. The minimum Gasteiger partial charge on any atom is -0.594 e. The molecule has 0 spiro atoms. The van der Waals surface area contributed by atoms with Crippen molar-refractivity contribution in [2.24, 2.45) is 4.99 Å². The standard InChI is InChI=1S/C11H14N2O3/c1-11(2,3)16-10(15)13-9-8(7-14)5-4-6-12-9/h4-7H,1-3H3,(H,12,13,15)/p-1. The summed E-state index contributed by atoms with van der Waals surface area (Å²) in [7, 11) is 0. The lowest BCUT2D eigenvalue weighted by molar-refractivity contribution is -0.259. The number of rotatable bonds is 2. The van der Waals surface area contributed by atoms with Crippen LogP contribution in [0.1, 0.15) is 31.1 Å². The lowest BCUT2D eigenvalue weighted by Gasteiger charge is -2.29. The fourth-order valence-corrected chi connectivity index (χ4v) is 0.966. The molecule has 1 aromatic heterocycles. The van der Waals surface area contributed by atoms with E-state index in [0.29, 0.717) is 6.29 Å². The Morgan fingerprint density at radius 2 is 2.25 bits per heavy atom. The van der Waals surface area contributed by atoms with Gasteiger partial charge in [0.15, 0.2) is 18.2 Å². The van der Waals surface area contributed by atoms with E-state index in [1.165, 1.54) is 12.3 Å². The summed E-state index contributed by atoms with van der Waals surface area (Å²) in [5.74, 6) is 0.0757. The number of nitrogens with zero attached hydrogens (tertiary/aromatic N) is 2. The summed E-state index contributed by atoms with van der Waals surface area (Å²) < 4.78 is 4.98. The third kappa shape index (κ3) is 3.68. The Morgan fingerprint density at radius 3 is 2.81 bits per heavy atom. The van der Waals surface area contributed by atoms with Crippen LogP contribution in [0.4, 0.5) is 5.82 Å². The molecule has 0 amide bonds. The average molecular weight is 221 g/mol. The van der Waals surface area contributed by atoms with Gasteiger partial charge in [-0.3, -0.25) is 4.79 Å². The molecule has 1 heterocycles. The average Bonchev–Trinajstić information content (AvgIpc) is 2.15. The van der Waals surface area contributed by atoms with Gasteiger partial charge < -0.3 is 9.84 Å². The number of ether oxygens (including phenoxy) is 1. The second-order valence-electron chi connectivity index (χ2n) is 4.13. The number of pyridine rings is 1. The van der Waals surface area contributed by atoms with Crippen molar-refractivity contribution in [2.75, 3.05) is 0 Å². The first-order valence-corrected chi connectivity index (χ1v) is 4.77. The van der Waals surface area contributed by atoms with Crippen molar-refractivity contribution in [1.82, 2.24) is 4.98 Å². The van der Waals surface area contributed by atoms with Crippen molar-refractivity contribution < 1.29 is 14.6 Å². The Bertz CT molecular complexity index is 408. The van der Waals surface area contributed by atoms with Crippen LogP contribution in [0.15, 0.2) is 23.3 Å². The highest BCUT2D eigenvalue weighted by Crippen LogP contribution is 2.14. The number of aldehydes is 1. The number of hydrogen-bond acceptors (Lipinski definition) is 5. The Labute approximate surface area is 93.8 Å². The van der Waals surface area contributed by atoms with Crippen molar-refractivity contribution in [1.29, 1.82) is 0 Å². The van der Waals surface area contributed by atoms with Gasteiger partial charge in [-0.05, 0) is 12.1 Å². The molecule has 0 aromatic carbocycles. The van der Waals surface area contributed by atoms with Crippen LogP contribution in [0.25, 0.3) is 0 Å². The predicted octanol–water partition coefficient (Wildman–Crippen LogP) is 1.06. The number of hydrogen-bond donors (Lipinski definition) is 0. The molecule has 0 saturated heterocycles. The summed E-state index contributed by atoms with van der Waals surface area (Å²) >= 11 is 0. The number of carbonyl (C=O) groups is 1. The second-order valence-corrected chi connectivity index (χ2v) is 4.13. The maximum absolute atomic E-state index is 11.4. The highest BCUT2D eigenvalue weighted by Gasteiger charge is 2.05. The maximum Gasteiger partial charge on any atom is 0.164 e. The quantitative estimate of drug-likeness (QED) is 0.425. The molecular formula is C11H13N2O3-. The molecule has 0 radical (unpaired) electrons. The van der Waals surface area contributed by atoms with Gasteiger partial charge in [0.25, 0.3) is 0 Å². The Hall–Kier alpha value is -1.91. The van der Waals surface area contributed by atoms with Gasteiger partial charge in [0.2, 0.25) is 0 Å². The molecule has 0 unspecified atom stereocenters. The van der Waals surface area contributed by atoms with E-state index < -0.39 is 11.7 Å². The number of aliphatic imine (C=N–C) groups is 1. The highest BCUT2D eigenvalue weighted by molar-refractivity contribution is 5.83. The van der Waals surface area contributed by atoms with Crippen molar-refractivity contribution in [2.45, 2.75) is 26.4 Å². The SMILES string of the molecule is CC(C)(C)O/C([O-])=N/c1ncccc1C=O. The molecule has 0 N–H and O–H groups in total. The monoisotopic (exact) mass is 221 g/mol. The summed E-state index contributed by atoms with van der Waals surface area (Å²) in [6.45, 7) is 5.21. The minimum atomic E-state index is -0.755. The Balaban J connectivity index is 2.94. The van der Waals surface area contributed by atoms with E-state index in [1.807, 2.05) is 0 Å². The van der Waals surface area contributed by atoms with Crippen LogP contribution in [-0.2, 0) is 4.74 Å². The molecule has 0 fully saturated rings. The highest BCUT2D eigenvalue weighted by atomic mass is 16.6. The summed E-state index contributed by atoms with van der Waals surface area (Å²) in [5, 5.41) is 11.4. The van der Waals surface area contributed by atoms with Gasteiger partial charge in [-0.15, -0.1) is 0 Å². The van der Waals surface area contributed by atoms with Crippen LogP contribution in [-0.4, -0.2) is 23.0 Å². The Morgan fingerprint density at radius 1 is 1.56 bits per heavy atom. The van der Waals surface area contributed by atoms with Crippen molar-refractivity contribution in [3.8, 4) is 0 Å². The first kappa shape index (κ1) is 12.2. The lowest BCUT2D eigenvalue weighted by Crippen LogP contribution is -2.31. The first-order chi connectivity index (χ1) is 7.42. The van der Waals surface area contributed by atoms with E-state index in [4.69, 9.17) is 4.74 Å². The van der Waals surface area contributed by atoms with E-state index in [0.717, 1.165) is 0 Å². The van der Waals surface area contributed by atoms with Crippen molar-refractivity contribution in [3.05, 3.63) is 23.9 Å². The molecule has 1 rings (SSSR count). The molecule has 0 aliphatic heterocycles. The fraction of sp³-hybridized carbons (Fsp3) is 0.364. The van der Waals surface area contributed by atoms with Gasteiger partial charge in [0.1, 0.15) is 0 Å². The van der Waals surface area contributed by atoms with Gasteiger partial charge in [0.05, 0.1) is 5.56 Å². The van der Waals surface area contributed by atoms with Crippen molar-refractivity contribution in [3.63, 3.8) is 0 Å². The Kier molecular flexibility index (Phi) is 3.60.